The number of esters is 1. The smallest absolute Gasteiger partial charge is 0.338 e. The van der Waals surface area contributed by atoms with Gasteiger partial charge in [-0.3, -0.25) is 14.4 Å². The lowest BCUT2D eigenvalue weighted by Gasteiger charge is -2.16. The highest BCUT2D eigenvalue weighted by Crippen LogP contribution is 2.31. The zero-order chi connectivity index (χ0) is 23.5. The number of benzene rings is 3. The van der Waals surface area contributed by atoms with Crippen LogP contribution in [0.3, 0.4) is 0 Å². The van der Waals surface area contributed by atoms with Crippen LogP contribution in [0.2, 0.25) is 0 Å². The first-order chi connectivity index (χ1) is 15.9. The van der Waals surface area contributed by atoms with Gasteiger partial charge in [-0.25, -0.2) is 9.69 Å². The summed E-state index contributed by atoms with van der Waals surface area (Å²) in [7, 11) is 1.48. The Hall–Kier alpha value is -4.46. The fourth-order valence-electron chi connectivity index (χ4n) is 3.55. The third kappa shape index (κ3) is 4.18. The molecule has 0 saturated carbocycles. The summed E-state index contributed by atoms with van der Waals surface area (Å²) in [6.45, 7) is 1.27. The van der Waals surface area contributed by atoms with Crippen molar-refractivity contribution in [2.45, 2.75) is 6.92 Å². The average Bonchev–Trinajstić information content (AvgIpc) is 3.07. The summed E-state index contributed by atoms with van der Waals surface area (Å²) in [5.41, 5.74) is 2.07. The Morgan fingerprint density at radius 3 is 2.36 bits per heavy atom. The molecular weight excluding hydrogens is 424 g/mol. The molecule has 8 heteroatoms. The third-order valence-corrected chi connectivity index (χ3v) is 5.19. The predicted octanol–water partition coefficient (Wildman–Crippen LogP) is 3.60. The number of ether oxygens (including phenoxy) is 2. The third-order valence-electron chi connectivity index (χ3n) is 5.19. The highest BCUT2D eigenvalue weighted by Gasteiger charge is 2.37. The highest BCUT2D eigenvalue weighted by atomic mass is 16.5. The molecule has 1 aliphatic heterocycles. The number of hydrogen-bond donors (Lipinski definition) is 1. The van der Waals surface area contributed by atoms with Crippen LogP contribution in [0.5, 0.6) is 5.75 Å². The Bertz CT molecular complexity index is 1280. The second kappa shape index (κ2) is 8.96. The van der Waals surface area contributed by atoms with Gasteiger partial charge in [-0.2, -0.15) is 0 Å². The lowest BCUT2D eigenvalue weighted by Crippen LogP contribution is -2.29. The molecule has 33 heavy (non-hydrogen) atoms. The van der Waals surface area contributed by atoms with Gasteiger partial charge in [0.2, 0.25) is 0 Å². The molecule has 166 valence electrons. The summed E-state index contributed by atoms with van der Waals surface area (Å²) in [5.74, 6) is -1.85. The number of anilines is 2. The summed E-state index contributed by atoms with van der Waals surface area (Å²) in [4.78, 5) is 51.5. The van der Waals surface area contributed by atoms with Crippen molar-refractivity contribution in [1.29, 1.82) is 0 Å². The number of carbonyl (C=O) groups is 4. The minimum absolute atomic E-state index is 0.0617. The van der Waals surface area contributed by atoms with Gasteiger partial charge in [0.15, 0.2) is 6.61 Å². The molecule has 3 aromatic rings. The monoisotopic (exact) mass is 444 g/mol. The molecule has 3 amide bonds. The van der Waals surface area contributed by atoms with Crippen LogP contribution >= 0.6 is 0 Å². The maximum Gasteiger partial charge on any atom is 0.338 e. The second-order valence-corrected chi connectivity index (χ2v) is 7.32. The Morgan fingerprint density at radius 2 is 1.61 bits per heavy atom. The number of fused-ring (bicyclic) bond motifs is 1. The van der Waals surface area contributed by atoms with Crippen molar-refractivity contribution in [2.24, 2.45) is 0 Å². The lowest BCUT2D eigenvalue weighted by atomic mass is 10.1. The van der Waals surface area contributed by atoms with Crippen LogP contribution in [0.1, 0.15) is 36.6 Å². The summed E-state index contributed by atoms with van der Waals surface area (Å²) < 4.78 is 10.3. The molecule has 0 unspecified atom stereocenters. The highest BCUT2D eigenvalue weighted by molar-refractivity contribution is 6.35. The number of rotatable bonds is 6. The van der Waals surface area contributed by atoms with Crippen molar-refractivity contribution in [3.8, 4) is 5.75 Å². The summed E-state index contributed by atoms with van der Waals surface area (Å²) in [6, 6.07) is 18.0. The molecule has 1 aliphatic rings. The predicted molar refractivity (Wildman–Crippen MR) is 121 cm³/mol. The minimum Gasteiger partial charge on any atom is -0.495 e. The van der Waals surface area contributed by atoms with Crippen molar-refractivity contribution < 1.29 is 28.7 Å². The number of para-hydroxylation sites is 3. The van der Waals surface area contributed by atoms with Crippen LogP contribution in [0.15, 0.2) is 66.7 Å². The van der Waals surface area contributed by atoms with E-state index >= 15 is 0 Å². The molecule has 0 atom stereocenters. The summed E-state index contributed by atoms with van der Waals surface area (Å²) >= 11 is 0. The molecule has 1 N–H and O–H groups in total. The van der Waals surface area contributed by atoms with Gasteiger partial charge in [0.25, 0.3) is 17.7 Å². The van der Waals surface area contributed by atoms with Gasteiger partial charge in [0, 0.05) is 0 Å². The summed E-state index contributed by atoms with van der Waals surface area (Å²) in [6.07, 6.45) is 0. The largest absolute Gasteiger partial charge is 0.495 e. The van der Waals surface area contributed by atoms with Crippen molar-refractivity contribution in [1.82, 2.24) is 0 Å². The number of nitrogens with one attached hydrogen (secondary N) is 1. The molecule has 3 aromatic carbocycles. The molecule has 4 rings (SSSR count). The van der Waals surface area contributed by atoms with Crippen molar-refractivity contribution >= 4 is 35.1 Å². The van der Waals surface area contributed by atoms with Crippen LogP contribution in [0.4, 0.5) is 11.4 Å². The first kappa shape index (κ1) is 21.8. The van der Waals surface area contributed by atoms with E-state index in [9.17, 15) is 19.2 Å². The number of hydrogen-bond acceptors (Lipinski definition) is 6. The second-order valence-electron chi connectivity index (χ2n) is 7.32. The molecule has 0 spiro atoms. The van der Waals surface area contributed by atoms with E-state index in [1.54, 1.807) is 49.4 Å². The molecular formula is C25H20N2O6. The Balaban J connectivity index is 1.46. The maximum absolute atomic E-state index is 12.9. The van der Waals surface area contributed by atoms with E-state index in [1.165, 1.54) is 25.3 Å². The minimum atomic E-state index is -0.789. The average molecular weight is 444 g/mol. The normalized spacial score (nSPS) is 12.4. The van der Waals surface area contributed by atoms with E-state index in [-0.39, 0.29) is 16.7 Å². The number of aryl methyl sites for hydroxylation is 1. The van der Waals surface area contributed by atoms with E-state index in [0.29, 0.717) is 17.1 Å². The molecule has 0 radical (unpaired) electrons. The van der Waals surface area contributed by atoms with Gasteiger partial charge in [0.1, 0.15) is 5.75 Å². The first-order valence-corrected chi connectivity index (χ1v) is 10.1. The Morgan fingerprint density at radius 1 is 0.909 bits per heavy atom. The molecule has 8 nitrogen and oxygen atoms in total. The number of carbonyl (C=O) groups excluding carboxylic acids is 4. The van der Waals surface area contributed by atoms with Crippen molar-refractivity contribution in [3.63, 3.8) is 0 Å². The molecule has 1 heterocycles. The molecule has 0 saturated heterocycles. The van der Waals surface area contributed by atoms with E-state index in [4.69, 9.17) is 9.47 Å². The van der Waals surface area contributed by atoms with Crippen molar-refractivity contribution in [2.75, 3.05) is 23.9 Å². The fraction of sp³-hybridized carbons (Fsp3) is 0.120. The van der Waals surface area contributed by atoms with Gasteiger partial charge in [-0.15, -0.1) is 0 Å². The van der Waals surface area contributed by atoms with Gasteiger partial charge >= 0.3 is 5.97 Å². The van der Waals surface area contributed by atoms with Crippen LogP contribution in [-0.2, 0) is 9.53 Å². The van der Waals surface area contributed by atoms with Crippen LogP contribution in [0.25, 0.3) is 0 Å². The number of methoxy groups -OCH3 is 1. The van der Waals surface area contributed by atoms with Crippen molar-refractivity contribution in [3.05, 3.63) is 89.0 Å². The first-order valence-electron chi connectivity index (χ1n) is 10.1. The Kier molecular flexibility index (Phi) is 5.91. The maximum atomic E-state index is 12.9. The van der Waals surface area contributed by atoms with E-state index < -0.39 is 30.3 Å². The van der Waals surface area contributed by atoms with Gasteiger partial charge in [-0.1, -0.05) is 30.3 Å². The van der Waals surface area contributed by atoms with E-state index in [1.807, 2.05) is 6.07 Å². The fourth-order valence-corrected chi connectivity index (χ4v) is 3.55. The topological polar surface area (TPSA) is 102 Å². The molecule has 0 aromatic heterocycles. The van der Waals surface area contributed by atoms with Gasteiger partial charge in [0.05, 0.1) is 35.2 Å². The lowest BCUT2D eigenvalue weighted by molar-refractivity contribution is -0.119. The molecule has 0 aliphatic carbocycles. The number of nitrogens with zero attached hydrogens (tertiary/aromatic N) is 1. The zero-order valence-electron chi connectivity index (χ0n) is 18.0. The van der Waals surface area contributed by atoms with Crippen LogP contribution in [-0.4, -0.2) is 37.4 Å². The zero-order valence-corrected chi connectivity index (χ0v) is 18.0. The van der Waals surface area contributed by atoms with Crippen LogP contribution in [0, 0.1) is 6.92 Å². The van der Waals surface area contributed by atoms with E-state index in [2.05, 4.69) is 5.32 Å². The molecule has 0 bridgehead atoms. The number of imide groups is 1. The summed E-state index contributed by atoms with van der Waals surface area (Å²) in [5, 5.41) is 2.61. The van der Waals surface area contributed by atoms with Gasteiger partial charge < -0.3 is 14.8 Å². The standard InChI is InChI=1S/C25H20N2O6/c1-15-7-3-5-9-20(15)27-23(29)17-12-11-16(13-18(17)24(27)30)25(31)33-14-22(28)26-19-8-4-6-10-21(19)32-2/h3-13H,14H2,1-2H3,(H,26,28). The molecule has 0 fully saturated rings. The van der Waals surface area contributed by atoms with E-state index in [0.717, 1.165) is 10.5 Å². The quantitative estimate of drug-likeness (QED) is 0.460. The van der Waals surface area contributed by atoms with Gasteiger partial charge in [-0.05, 0) is 48.9 Å². The SMILES string of the molecule is COc1ccccc1NC(=O)COC(=O)c1ccc2c(c1)C(=O)N(c1ccccc1C)C2=O. The van der Waals surface area contributed by atoms with Crippen LogP contribution < -0.4 is 15.0 Å². The number of amides is 3. The Labute approximate surface area is 189 Å².